The molecule has 210 valence electrons. The minimum Gasteiger partial charge on any atom is -0.393 e. The van der Waals surface area contributed by atoms with Gasteiger partial charge < -0.3 is 15.3 Å². The molecule has 3 N–H and O–H groups in total. The van der Waals surface area contributed by atoms with Gasteiger partial charge in [-0.25, -0.2) is 0 Å². The number of aliphatic hydroxyl groups is 3. The molecule has 3 rings (SSSR count). The number of halogens is 3. The van der Waals surface area contributed by atoms with E-state index in [9.17, 15) is 33.3 Å². The first-order valence-electron chi connectivity index (χ1n) is 14.0. The Bertz CT molecular complexity index is 889. The number of carbonyl (C=O) groups is 1. The molecule has 0 saturated heterocycles. The van der Waals surface area contributed by atoms with Gasteiger partial charge in [-0.05, 0) is 88.4 Å². The minimum atomic E-state index is -4.81. The highest BCUT2D eigenvalue weighted by Gasteiger charge is 2.50. The van der Waals surface area contributed by atoms with Gasteiger partial charge in [0.05, 0.1) is 12.2 Å². The second-order valence-corrected chi connectivity index (χ2v) is 12.2. The van der Waals surface area contributed by atoms with E-state index in [1.54, 1.807) is 0 Å². The molecule has 0 aromatic rings. The van der Waals surface area contributed by atoms with Gasteiger partial charge in [-0.2, -0.15) is 13.2 Å². The van der Waals surface area contributed by atoms with Crippen LogP contribution >= 0.6 is 0 Å². The topological polar surface area (TPSA) is 77.8 Å². The van der Waals surface area contributed by atoms with E-state index in [0.29, 0.717) is 44.4 Å². The molecule has 2 fully saturated rings. The zero-order valence-electron chi connectivity index (χ0n) is 22.6. The van der Waals surface area contributed by atoms with Gasteiger partial charge in [0, 0.05) is 12.8 Å². The van der Waals surface area contributed by atoms with E-state index >= 15 is 0 Å². The Morgan fingerprint density at radius 1 is 1.19 bits per heavy atom. The summed E-state index contributed by atoms with van der Waals surface area (Å²) in [5, 5.41) is 29.6. The lowest BCUT2D eigenvalue weighted by atomic mass is 9.55. The second kappa shape index (κ2) is 12.2. The molecule has 1 unspecified atom stereocenters. The van der Waals surface area contributed by atoms with Gasteiger partial charge in [-0.3, -0.25) is 4.79 Å². The molecule has 0 bridgehead atoms. The maximum absolute atomic E-state index is 12.8. The van der Waals surface area contributed by atoms with Crippen LogP contribution in [-0.4, -0.2) is 45.1 Å². The van der Waals surface area contributed by atoms with Crippen LogP contribution in [-0.2, 0) is 4.79 Å². The smallest absolute Gasteiger partial charge is 0.393 e. The van der Waals surface area contributed by atoms with E-state index in [1.807, 2.05) is 0 Å². The number of carbonyl (C=O) groups excluding carboxylic acids is 1. The largest absolute Gasteiger partial charge is 0.417 e. The van der Waals surface area contributed by atoms with Gasteiger partial charge in [-0.1, -0.05) is 55.2 Å². The summed E-state index contributed by atoms with van der Waals surface area (Å²) in [5.74, 6) is 0.251. The van der Waals surface area contributed by atoms with Crippen molar-refractivity contribution in [2.45, 2.75) is 128 Å². The molecule has 37 heavy (non-hydrogen) atoms. The number of unbranched alkanes of at least 4 members (excludes halogenated alkanes) is 1. The SMILES string of the molecule is C[C@H](CCCCC(=O)CC(C)(O)C(F)(F)F)C1=CCC[C@H]2/C(=C/C=C3C[C@@H](O)C[C@H](O)C3)CCC[C@]12C. The highest BCUT2D eigenvalue weighted by molar-refractivity contribution is 5.79. The lowest BCUT2D eigenvalue weighted by Crippen LogP contribution is -2.43. The molecule has 0 aliphatic heterocycles. The average molecular weight is 527 g/mol. The number of Topliss-reactive ketones (excluding diaryl/α,β-unsaturated/α-hetero) is 1. The highest BCUT2D eigenvalue weighted by Crippen LogP contribution is 2.55. The Morgan fingerprint density at radius 2 is 1.86 bits per heavy atom. The zero-order chi connectivity index (χ0) is 27.4. The van der Waals surface area contributed by atoms with Gasteiger partial charge >= 0.3 is 6.18 Å². The molecular formula is C30H45F3O4. The van der Waals surface area contributed by atoms with Crippen LogP contribution in [0.15, 0.2) is 34.9 Å². The van der Waals surface area contributed by atoms with Crippen molar-refractivity contribution in [2.75, 3.05) is 0 Å². The third kappa shape index (κ3) is 7.57. The Labute approximate surface area is 219 Å². The molecular weight excluding hydrogens is 481 g/mol. The number of hydrogen-bond donors (Lipinski definition) is 3. The van der Waals surface area contributed by atoms with Crippen molar-refractivity contribution in [3.63, 3.8) is 0 Å². The van der Waals surface area contributed by atoms with Crippen LogP contribution in [0, 0.1) is 17.3 Å². The second-order valence-electron chi connectivity index (χ2n) is 12.2. The van der Waals surface area contributed by atoms with Gasteiger partial charge in [0.25, 0.3) is 0 Å². The van der Waals surface area contributed by atoms with Crippen molar-refractivity contribution in [2.24, 2.45) is 17.3 Å². The quantitative estimate of drug-likeness (QED) is 0.230. The maximum atomic E-state index is 12.8. The van der Waals surface area contributed by atoms with Crippen LogP contribution in [0.5, 0.6) is 0 Å². The van der Waals surface area contributed by atoms with E-state index < -0.39 is 36.2 Å². The number of allylic oxidation sites excluding steroid dienone is 5. The van der Waals surface area contributed by atoms with Crippen LogP contribution in [0.4, 0.5) is 13.2 Å². The van der Waals surface area contributed by atoms with Gasteiger partial charge in [0.15, 0.2) is 5.60 Å². The van der Waals surface area contributed by atoms with Gasteiger partial charge in [-0.15, -0.1) is 0 Å². The van der Waals surface area contributed by atoms with Crippen molar-refractivity contribution in [1.29, 1.82) is 0 Å². The van der Waals surface area contributed by atoms with Crippen LogP contribution in [0.25, 0.3) is 0 Å². The number of rotatable bonds is 9. The molecule has 4 nitrogen and oxygen atoms in total. The zero-order valence-corrected chi connectivity index (χ0v) is 22.6. The van der Waals surface area contributed by atoms with Crippen LogP contribution < -0.4 is 0 Å². The number of hydrogen-bond acceptors (Lipinski definition) is 4. The normalized spacial score (nSPS) is 32.4. The summed E-state index contributed by atoms with van der Waals surface area (Å²) in [5.41, 5.74) is 1.14. The first kappa shape index (κ1) is 30.1. The third-order valence-corrected chi connectivity index (χ3v) is 8.96. The van der Waals surface area contributed by atoms with Crippen molar-refractivity contribution in [3.8, 4) is 0 Å². The van der Waals surface area contributed by atoms with Crippen LogP contribution in [0.3, 0.4) is 0 Å². The molecule has 0 heterocycles. The van der Waals surface area contributed by atoms with Crippen molar-refractivity contribution >= 4 is 5.78 Å². The molecule has 3 aliphatic rings. The molecule has 2 saturated carbocycles. The van der Waals surface area contributed by atoms with Crippen LogP contribution in [0.2, 0.25) is 0 Å². The molecule has 6 atom stereocenters. The fourth-order valence-electron chi connectivity index (χ4n) is 6.90. The van der Waals surface area contributed by atoms with Crippen molar-refractivity contribution in [3.05, 3.63) is 34.9 Å². The predicted octanol–water partition coefficient (Wildman–Crippen LogP) is 6.74. The summed E-state index contributed by atoms with van der Waals surface area (Å²) in [6, 6.07) is 0. The molecule has 0 radical (unpaired) electrons. The van der Waals surface area contributed by atoms with Crippen molar-refractivity contribution < 1.29 is 33.3 Å². The number of aliphatic hydroxyl groups excluding tert-OH is 2. The molecule has 0 aromatic carbocycles. The Kier molecular flexibility index (Phi) is 9.90. The fraction of sp³-hybridized carbons (Fsp3) is 0.767. The summed E-state index contributed by atoms with van der Waals surface area (Å²) in [7, 11) is 0. The molecule has 3 aliphatic carbocycles. The standard InChI is InChI=1S/C30H45F3O4/c1-20(8-4-5-10-23(34)19-29(3,37)30(31,32)33)26-11-6-12-27-22(9-7-15-28(26,27)2)14-13-21-16-24(35)18-25(36)17-21/h11,13-14,20,24-25,27,35-37H,4-10,12,15-19H2,1-3H3/b22-14+/t20-,24-,25-,27+,28-,29?/m1/s1. The number of ketones is 1. The van der Waals surface area contributed by atoms with Crippen LogP contribution in [0.1, 0.15) is 104 Å². The molecule has 0 aromatic heterocycles. The summed E-state index contributed by atoms with van der Waals surface area (Å²) >= 11 is 0. The Balaban J connectivity index is 1.57. The van der Waals surface area contributed by atoms with Gasteiger partial charge in [0.1, 0.15) is 5.78 Å². The minimum absolute atomic E-state index is 0.0584. The lowest BCUT2D eigenvalue weighted by molar-refractivity contribution is -0.253. The van der Waals surface area contributed by atoms with Gasteiger partial charge in [0.2, 0.25) is 0 Å². The van der Waals surface area contributed by atoms with E-state index in [0.717, 1.165) is 50.5 Å². The Hall–Kier alpha value is -1.44. The third-order valence-electron chi connectivity index (χ3n) is 8.96. The maximum Gasteiger partial charge on any atom is 0.417 e. The van der Waals surface area contributed by atoms with E-state index in [2.05, 4.69) is 32.1 Å². The molecule has 0 amide bonds. The predicted molar refractivity (Wildman–Crippen MR) is 139 cm³/mol. The first-order valence-corrected chi connectivity index (χ1v) is 14.0. The number of fused-ring (bicyclic) bond motifs is 1. The first-order chi connectivity index (χ1) is 17.2. The Morgan fingerprint density at radius 3 is 2.51 bits per heavy atom. The lowest BCUT2D eigenvalue weighted by Gasteiger charge is -2.49. The highest BCUT2D eigenvalue weighted by atomic mass is 19.4. The van der Waals surface area contributed by atoms with Crippen molar-refractivity contribution in [1.82, 2.24) is 0 Å². The molecule has 0 spiro atoms. The molecule has 7 heteroatoms. The average Bonchev–Trinajstić information content (AvgIpc) is 2.78. The summed E-state index contributed by atoms with van der Waals surface area (Å²) < 4.78 is 38.5. The fourth-order valence-corrected chi connectivity index (χ4v) is 6.90. The van der Waals surface area contributed by atoms with E-state index in [4.69, 9.17) is 0 Å². The van der Waals surface area contributed by atoms with E-state index in [-0.39, 0.29) is 11.8 Å². The van der Waals surface area contributed by atoms with E-state index in [1.165, 1.54) is 11.1 Å². The monoisotopic (exact) mass is 526 g/mol. The summed E-state index contributed by atoms with van der Waals surface area (Å²) in [4.78, 5) is 12.0. The summed E-state index contributed by atoms with van der Waals surface area (Å²) in [6.07, 6.45) is 9.52. The number of alkyl halides is 3. The summed E-state index contributed by atoms with van der Waals surface area (Å²) in [6.45, 7) is 5.25.